The van der Waals surface area contributed by atoms with Crippen molar-refractivity contribution >= 4 is 57.2 Å². The van der Waals surface area contributed by atoms with Gasteiger partial charge in [-0.15, -0.1) is 12.4 Å². The number of rotatable bonds is 1. The first-order chi connectivity index (χ1) is 5.84. The summed E-state index contributed by atoms with van der Waals surface area (Å²) < 4.78 is 21.8. The summed E-state index contributed by atoms with van der Waals surface area (Å²) in [7, 11) is -3.85. The highest BCUT2D eigenvalue weighted by Gasteiger charge is 2.16. The Morgan fingerprint density at radius 3 is 2.00 bits per heavy atom. The highest BCUT2D eigenvalue weighted by atomic mass is 35.5. The van der Waals surface area contributed by atoms with Crippen LogP contribution < -0.4 is 5.14 Å². The Balaban J connectivity index is 0.00000169. The Morgan fingerprint density at radius 1 is 1.07 bits per heavy atom. The predicted molar refractivity (Wildman–Crippen MR) is 60.1 cm³/mol. The summed E-state index contributed by atoms with van der Waals surface area (Å²) in [6.07, 6.45) is 0. The molecule has 1 rings (SSSR count). The minimum absolute atomic E-state index is 0. The molecule has 0 aliphatic carbocycles. The van der Waals surface area contributed by atoms with Crippen LogP contribution in [0.1, 0.15) is 0 Å². The van der Waals surface area contributed by atoms with E-state index in [0.717, 1.165) is 0 Å². The topological polar surface area (TPSA) is 60.2 Å². The van der Waals surface area contributed by atoms with E-state index in [1.165, 1.54) is 12.1 Å². The van der Waals surface area contributed by atoms with Gasteiger partial charge < -0.3 is 0 Å². The second-order valence-electron chi connectivity index (χ2n) is 2.22. The maximum absolute atomic E-state index is 10.9. The Hall–Kier alpha value is 0.290. The maximum Gasteiger partial charge on any atom is 0.239 e. The molecule has 0 radical (unpaired) electrons. The first kappa shape index (κ1) is 14.3. The smallest absolute Gasteiger partial charge is 0.225 e. The van der Waals surface area contributed by atoms with Crippen LogP contribution in [-0.2, 0) is 10.0 Å². The zero-order chi connectivity index (χ0) is 10.2. The van der Waals surface area contributed by atoms with Crippen molar-refractivity contribution in [1.29, 1.82) is 0 Å². The molecule has 0 fully saturated rings. The zero-order valence-corrected chi connectivity index (χ0v) is 10.4. The standard InChI is InChI=1S/C6H4Cl3NO2S.ClH/c7-3-1-2-4(13(10,11)12)6(9)5(3)8;/h1-2H,(H2,10,11,12);1H. The second-order valence-corrected chi connectivity index (χ2v) is 4.91. The van der Waals surface area contributed by atoms with Crippen molar-refractivity contribution in [2.24, 2.45) is 5.14 Å². The lowest BCUT2D eigenvalue weighted by molar-refractivity contribution is 0.598. The van der Waals surface area contributed by atoms with Gasteiger partial charge in [0.05, 0.1) is 15.1 Å². The quantitative estimate of drug-likeness (QED) is 0.810. The monoisotopic (exact) mass is 295 g/mol. The first-order valence-corrected chi connectivity index (χ1v) is 5.68. The molecular formula is C6H5Cl4NO2S. The molecule has 8 heteroatoms. The van der Waals surface area contributed by atoms with Crippen molar-refractivity contribution in [3.05, 3.63) is 27.2 Å². The first-order valence-electron chi connectivity index (χ1n) is 3.00. The van der Waals surface area contributed by atoms with E-state index in [1.807, 2.05) is 0 Å². The number of hydrogen-bond acceptors (Lipinski definition) is 2. The highest BCUT2D eigenvalue weighted by Crippen LogP contribution is 2.34. The van der Waals surface area contributed by atoms with Crippen LogP contribution in [0.2, 0.25) is 15.1 Å². The van der Waals surface area contributed by atoms with E-state index in [1.54, 1.807) is 0 Å². The van der Waals surface area contributed by atoms with Crippen LogP contribution in [0.5, 0.6) is 0 Å². The van der Waals surface area contributed by atoms with Gasteiger partial charge in [-0.1, -0.05) is 34.8 Å². The molecule has 0 heterocycles. The summed E-state index contributed by atoms with van der Waals surface area (Å²) in [6, 6.07) is 2.52. The van der Waals surface area contributed by atoms with E-state index in [2.05, 4.69) is 0 Å². The lowest BCUT2D eigenvalue weighted by Crippen LogP contribution is -2.12. The normalized spacial score (nSPS) is 10.9. The van der Waals surface area contributed by atoms with Gasteiger partial charge in [0.25, 0.3) is 0 Å². The third kappa shape index (κ3) is 2.89. The number of hydrogen-bond donors (Lipinski definition) is 1. The van der Waals surface area contributed by atoms with Crippen molar-refractivity contribution < 1.29 is 8.42 Å². The number of primary sulfonamides is 1. The Kier molecular flexibility index (Phi) is 4.98. The molecule has 0 atom stereocenters. The third-order valence-corrected chi connectivity index (χ3v) is 3.67. The van der Waals surface area contributed by atoms with Crippen LogP contribution in [0.3, 0.4) is 0 Å². The Bertz CT molecular complexity index is 445. The van der Waals surface area contributed by atoms with Gasteiger partial charge in [0.15, 0.2) is 0 Å². The molecule has 0 unspecified atom stereocenters. The highest BCUT2D eigenvalue weighted by molar-refractivity contribution is 7.89. The average molecular weight is 297 g/mol. The average Bonchev–Trinajstić information content (AvgIpc) is 1.98. The van der Waals surface area contributed by atoms with Crippen LogP contribution >= 0.6 is 47.2 Å². The molecule has 1 aromatic rings. The number of sulfonamides is 1. The van der Waals surface area contributed by atoms with Crippen LogP contribution in [0, 0.1) is 0 Å². The number of benzene rings is 1. The molecule has 0 bridgehead atoms. The SMILES string of the molecule is Cl.NS(=O)(=O)c1ccc(Cl)c(Cl)c1Cl. The molecule has 0 aromatic heterocycles. The fraction of sp³-hybridized carbons (Fsp3) is 0. The molecule has 0 spiro atoms. The van der Waals surface area contributed by atoms with Crippen molar-refractivity contribution in [1.82, 2.24) is 0 Å². The summed E-state index contributed by atoms with van der Waals surface area (Å²) >= 11 is 16.8. The molecule has 3 nitrogen and oxygen atoms in total. The zero-order valence-electron chi connectivity index (χ0n) is 6.50. The van der Waals surface area contributed by atoms with Gasteiger partial charge in [-0.2, -0.15) is 0 Å². The summed E-state index contributed by atoms with van der Waals surface area (Å²) in [6.45, 7) is 0. The van der Waals surface area contributed by atoms with Gasteiger partial charge in [-0.25, -0.2) is 13.6 Å². The van der Waals surface area contributed by atoms with E-state index >= 15 is 0 Å². The van der Waals surface area contributed by atoms with Gasteiger partial charge in [0.1, 0.15) is 4.90 Å². The largest absolute Gasteiger partial charge is 0.239 e. The molecule has 80 valence electrons. The predicted octanol–water partition coefficient (Wildman–Crippen LogP) is 2.72. The summed E-state index contributed by atoms with van der Waals surface area (Å²) in [5, 5.41) is 4.87. The van der Waals surface area contributed by atoms with Crippen LogP contribution in [0.25, 0.3) is 0 Å². The van der Waals surface area contributed by atoms with Gasteiger partial charge >= 0.3 is 0 Å². The second kappa shape index (κ2) is 4.88. The van der Waals surface area contributed by atoms with E-state index in [4.69, 9.17) is 39.9 Å². The molecule has 0 saturated heterocycles. The van der Waals surface area contributed by atoms with Gasteiger partial charge in [0.2, 0.25) is 10.0 Å². The summed E-state index contributed by atoms with van der Waals surface area (Å²) in [4.78, 5) is -0.233. The molecule has 0 aliphatic heterocycles. The van der Waals surface area contributed by atoms with E-state index in [9.17, 15) is 8.42 Å². The lowest BCUT2D eigenvalue weighted by atomic mass is 10.4. The number of halogens is 4. The molecule has 2 N–H and O–H groups in total. The molecule has 0 amide bonds. The number of nitrogens with two attached hydrogens (primary N) is 1. The minimum atomic E-state index is -3.85. The van der Waals surface area contributed by atoms with Crippen molar-refractivity contribution in [2.45, 2.75) is 4.90 Å². The summed E-state index contributed by atoms with van der Waals surface area (Å²) in [5.41, 5.74) is 0. The minimum Gasteiger partial charge on any atom is -0.225 e. The fourth-order valence-electron chi connectivity index (χ4n) is 0.728. The Morgan fingerprint density at radius 2 is 1.57 bits per heavy atom. The van der Waals surface area contributed by atoms with Gasteiger partial charge in [-0.05, 0) is 12.1 Å². The molecule has 0 saturated carbocycles. The third-order valence-electron chi connectivity index (χ3n) is 1.31. The Labute approximate surface area is 103 Å². The molecule has 1 aromatic carbocycles. The van der Waals surface area contributed by atoms with E-state index in [0.29, 0.717) is 0 Å². The molecule has 0 aliphatic rings. The van der Waals surface area contributed by atoms with Gasteiger partial charge in [0, 0.05) is 0 Å². The lowest BCUT2D eigenvalue weighted by Gasteiger charge is -2.03. The van der Waals surface area contributed by atoms with Crippen LogP contribution in [-0.4, -0.2) is 8.42 Å². The van der Waals surface area contributed by atoms with E-state index < -0.39 is 10.0 Å². The van der Waals surface area contributed by atoms with Crippen LogP contribution in [0.15, 0.2) is 17.0 Å². The summed E-state index contributed by atoms with van der Waals surface area (Å²) in [5.74, 6) is 0. The molecule has 14 heavy (non-hydrogen) atoms. The fourth-order valence-corrected chi connectivity index (χ4v) is 2.25. The van der Waals surface area contributed by atoms with Crippen molar-refractivity contribution in [2.75, 3.05) is 0 Å². The van der Waals surface area contributed by atoms with Gasteiger partial charge in [-0.3, -0.25) is 0 Å². The van der Waals surface area contributed by atoms with Crippen molar-refractivity contribution in [3.8, 4) is 0 Å². The van der Waals surface area contributed by atoms with Crippen molar-refractivity contribution in [3.63, 3.8) is 0 Å². The molecular weight excluding hydrogens is 292 g/mol. The van der Waals surface area contributed by atoms with E-state index in [-0.39, 0.29) is 32.4 Å². The maximum atomic E-state index is 10.9. The van der Waals surface area contributed by atoms with Crippen LogP contribution in [0.4, 0.5) is 0 Å².